The molecule has 26 heavy (non-hydrogen) atoms. The number of hydrogen-bond donors (Lipinski definition) is 1. The molecule has 1 amide bonds. The minimum Gasteiger partial charge on any atom is -0.340 e. The Morgan fingerprint density at radius 2 is 1.88 bits per heavy atom. The quantitative estimate of drug-likeness (QED) is 0.892. The third-order valence-corrected chi connectivity index (χ3v) is 5.23. The van der Waals surface area contributed by atoms with Crippen molar-refractivity contribution in [3.05, 3.63) is 52.6 Å². The number of nitrogens with one attached hydrogen (secondary N) is 1. The number of H-pyrrole nitrogens is 1. The molecule has 1 aliphatic rings. The molecule has 2 heterocycles. The van der Waals surface area contributed by atoms with E-state index in [0.29, 0.717) is 6.54 Å². The highest BCUT2D eigenvalue weighted by Gasteiger charge is 2.31. The second-order valence-electron chi connectivity index (χ2n) is 7.16. The molecule has 1 atom stereocenters. The van der Waals surface area contributed by atoms with Crippen LogP contribution in [0.3, 0.4) is 0 Å². The van der Waals surface area contributed by atoms with Crippen LogP contribution in [0.15, 0.2) is 24.3 Å². The van der Waals surface area contributed by atoms with Gasteiger partial charge in [0.2, 0.25) is 5.91 Å². The lowest BCUT2D eigenvalue weighted by molar-refractivity contribution is -0.137. The lowest BCUT2D eigenvalue weighted by atomic mass is 10.00. The van der Waals surface area contributed by atoms with Gasteiger partial charge in [0.25, 0.3) is 0 Å². The number of likely N-dealkylation sites (tertiary alicyclic amines) is 1. The molecule has 6 heteroatoms. The number of aromatic nitrogens is 2. The summed E-state index contributed by atoms with van der Waals surface area (Å²) < 4.78 is 13.4. The Morgan fingerprint density at radius 1 is 1.23 bits per heavy atom. The molecule has 1 aliphatic heterocycles. The van der Waals surface area contributed by atoms with Crippen molar-refractivity contribution < 1.29 is 9.18 Å². The summed E-state index contributed by atoms with van der Waals surface area (Å²) in [5.74, 6) is -0.241. The fourth-order valence-corrected chi connectivity index (χ4v) is 3.66. The molecule has 0 spiro atoms. The average molecular weight is 358 g/mol. The molecule has 1 saturated heterocycles. The van der Waals surface area contributed by atoms with Gasteiger partial charge in [0.15, 0.2) is 0 Å². The van der Waals surface area contributed by atoms with E-state index in [0.717, 1.165) is 48.4 Å². The van der Waals surface area contributed by atoms with E-state index in [-0.39, 0.29) is 17.8 Å². The van der Waals surface area contributed by atoms with Crippen LogP contribution in [0.4, 0.5) is 4.39 Å². The molecule has 140 valence electrons. The van der Waals surface area contributed by atoms with Gasteiger partial charge in [0.1, 0.15) is 11.9 Å². The summed E-state index contributed by atoms with van der Waals surface area (Å²) in [6, 6.07) is 5.96. The van der Waals surface area contributed by atoms with Crippen molar-refractivity contribution in [2.75, 3.05) is 20.1 Å². The van der Waals surface area contributed by atoms with Crippen molar-refractivity contribution in [3.63, 3.8) is 0 Å². The van der Waals surface area contributed by atoms with Crippen LogP contribution in [-0.2, 0) is 11.3 Å². The van der Waals surface area contributed by atoms with Crippen molar-refractivity contribution >= 4 is 5.91 Å². The van der Waals surface area contributed by atoms with Gasteiger partial charge in [0.05, 0.1) is 5.69 Å². The SMILES string of the molecule is Cc1n[nH]c(C)c1CN(C)C(=O)C(c1ccc(F)cc1)N1CCCCC1. The fraction of sp³-hybridized carbons (Fsp3) is 0.500. The van der Waals surface area contributed by atoms with Gasteiger partial charge in [0, 0.05) is 24.8 Å². The smallest absolute Gasteiger partial charge is 0.244 e. The highest BCUT2D eigenvalue weighted by molar-refractivity contribution is 5.83. The topological polar surface area (TPSA) is 52.2 Å². The van der Waals surface area contributed by atoms with Crippen LogP contribution >= 0.6 is 0 Å². The van der Waals surface area contributed by atoms with Gasteiger partial charge in [-0.1, -0.05) is 18.6 Å². The molecule has 0 saturated carbocycles. The molecular weight excluding hydrogens is 331 g/mol. The van der Waals surface area contributed by atoms with E-state index in [2.05, 4.69) is 15.1 Å². The van der Waals surface area contributed by atoms with Crippen LogP contribution in [0.1, 0.15) is 47.8 Å². The van der Waals surface area contributed by atoms with E-state index in [1.165, 1.54) is 18.6 Å². The zero-order chi connectivity index (χ0) is 18.7. The van der Waals surface area contributed by atoms with E-state index < -0.39 is 0 Å². The Hall–Kier alpha value is -2.21. The summed E-state index contributed by atoms with van der Waals surface area (Å²) in [4.78, 5) is 17.3. The molecule has 0 aliphatic carbocycles. The monoisotopic (exact) mass is 358 g/mol. The van der Waals surface area contributed by atoms with Gasteiger partial charge in [-0.3, -0.25) is 14.8 Å². The number of aromatic amines is 1. The summed E-state index contributed by atoms with van der Waals surface area (Å²) >= 11 is 0. The van der Waals surface area contributed by atoms with Crippen LogP contribution in [-0.4, -0.2) is 46.0 Å². The largest absolute Gasteiger partial charge is 0.340 e. The minimum absolute atomic E-state index is 0.0403. The van der Waals surface area contributed by atoms with E-state index in [1.807, 2.05) is 20.9 Å². The van der Waals surface area contributed by atoms with Crippen molar-refractivity contribution in [2.45, 2.75) is 45.7 Å². The predicted octanol–water partition coefficient (Wildman–Crippen LogP) is 3.35. The number of likely N-dealkylation sites (N-methyl/N-ethyl adjacent to an activating group) is 1. The summed E-state index contributed by atoms with van der Waals surface area (Å²) in [6.07, 6.45) is 3.38. The van der Waals surface area contributed by atoms with Crippen LogP contribution in [0, 0.1) is 19.7 Å². The molecule has 1 unspecified atom stereocenters. The third-order valence-electron chi connectivity index (χ3n) is 5.23. The molecule has 0 radical (unpaired) electrons. The van der Waals surface area contributed by atoms with Crippen LogP contribution < -0.4 is 0 Å². The Bertz CT molecular complexity index is 730. The molecule has 1 N–H and O–H groups in total. The second kappa shape index (κ2) is 7.99. The maximum atomic E-state index is 13.4. The normalized spacial score (nSPS) is 16.5. The van der Waals surface area contributed by atoms with Gasteiger partial charge in [-0.15, -0.1) is 0 Å². The van der Waals surface area contributed by atoms with Gasteiger partial charge in [-0.25, -0.2) is 4.39 Å². The molecular formula is C20H27FN4O. The first-order chi connectivity index (χ1) is 12.5. The first-order valence-electron chi connectivity index (χ1n) is 9.22. The van der Waals surface area contributed by atoms with Gasteiger partial charge in [-0.05, 0) is 57.5 Å². The zero-order valence-corrected chi connectivity index (χ0v) is 15.8. The molecule has 1 aromatic heterocycles. The highest BCUT2D eigenvalue weighted by atomic mass is 19.1. The number of nitrogens with zero attached hydrogens (tertiary/aromatic N) is 3. The lowest BCUT2D eigenvalue weighted by Gasteiger charge is -2.36. The number of benzene rings is 1. The molecule has 3 rings (SSSR count). The van der Waals surface area contributed by atoms with E-state index in [4.69, 9.17) is 0 Å². The number of hydrogen-bond acceptors (Lipinski definition) is 3. The summed E-state index contributed by atoms with van der Waals surface area (Å²) in [5, 5.41) is 7.19. The molecule has 0 bridgehead atoms. The predicted molar refractivity (Wildman–Crippen MR) is 99.1 cm³/mol. The summed E-state index contributed by atoms with van der Waals surface area (Å²) in [5.41, 5.74) is 3.81. The first kappa shape index (κ1) is 18.6. The van der Waals surface area contributed by atoms with Gasteiger partial charge >= 0.3 is 0 Å². The number of piperidine rings is 1. The average Bonchev–Trinajstić information content (AvgIpc) is 2.96. The molecule has 5 nitrogen and oxygen atoms in total. The van der Waals surface area contributed by atoms with Crippen LogP contribution in [0.2, 0.25) is 0 Å². The Kier molecular flexibility index (Phi) is 5.71. The van der Waals surface area contributed by atoms with Gasteiger partial charge < -0.3 is 4.90 Å². The van der Waals surface area contributed by atoms with E-state index >= 15 is 0 Å². The molecule has 1 aromatic carbocycles. The van der Waals surface area contributed by atoms with Crippen LogP contribution in [0.5, 0.6) is 0 Å². The highest BCUT2D eigenvalue weighted by Crippen LogP contribution is 2.27. The number of amides is 1. The van der Waals surface area contributed by atoms with Crippen LogP contribution in [0.25, 0.3) is 0 Å². The number of carbonyl (C=O) groups excluding carboxylic acids is 1. The Balaban J connectivity index is 1.85. The number of rotatable bonds is 5. The summed E-state index contributed by atoms with van der Waals surface area (Å²) in [6.45, 7) is 6.21. The molecule has 2 aromatic rings. The number of aryl methyl sites for hydroxylation is 2. The van der Waals surface area contributed by atoms with E-state index in [9.17, 15) is 9.18 Å². The van der Waals surface area contributed by atoms with Crippen molar-refractivity contribution in [2.24, 2.45) is 0 Å². The maximum absolute atomic E-state index is 13.4. The standard InChI is InChI=1S/C20H27FN4O/c1-14-18(15(2)23-22-14)13-24(3)20(26)19(25-11-5-4-6-12-25)16-7-9-17(21)10-8-16/h7-10,19H,4-6,11-13H2,1-3H3,(H,22,23). The van der Waals surface area contributed by atoms with Gasteiger partial charge in [-0.2, -0.15) is 5.10 Å². The van der Waals surface area contributed by atoms with Crippen molar-refractivity contribution in [1.29, 1.82) is 0 Å². The maximum Gasteiger partial charge on any atom is 0.244 e. The summed E-state index contributed by atoms with van der Waals surface area (Å²) in [7, 11) is 1.83. The lowest BCUT2D eigenvalue weighted by Crippen LogP contribution is -2.43. The number of carbonyl (C=O) groups is 1. The Morgan fingerprint density at radius 3 is 2.46 bits per heavy atom. The van der Waals surface area contributed by atoms with E-state index in [1.54, 1.807) is 17.0 Å². The van der Waals surface area contributed by atoms with Crippen molar-refractivity contribution in [3.8, 4) is 0 Å². The third kappa shape index (κ3) is 3.96. The Labute approximate surface area is 154 Å². The number of halogens is 1. The van der Waals surface area contributed by atoms with Crippen molar-refractivity contribution in [1.82, 2.24) is 20.0 Å². The first-order valence-corrected chi connectivity index (χ1v) is 9.22. The second-order valence-corrected chi connectivity index (χ2v) is 7.16. The molecule has 1 fully saturated rings. The minimum atomic E-state index is -0.367. The fourth-order valence-electron chi connectivity index (χ4n) is 3.66. The zero-order valence-electron chi connectivity index (χ0n) is 15.8.